The van der Waals surface area contributed by atoms with E-state index in [1.807, 2.05) is 24.7 Å². The second-order valence-corrected chi connectivity index (χ2v) is 7.49. The molecule has 1 aliphatic rings. The third-order valence-electron chi connectivity index (χ3n) is 4.59. The van der Waals surface area contributed by atoms with Crippen molar-refractivity contribution in [3.8, 4) is 22.3 Å². The number of benzene rings is 2. The maximum Gasteiger partial charge on any atom is 0.138 e. The highest BCUT2D eigenvalue weighted by molar-refractivity contribution is 7.56. The summed E-state index contributed by atoms with van der Waals surface area (Å²) in [4.78, 5) is 8.94. The van der Waals surface area contributed by atoms with E-state index in [4.69, 9.17) is 0 Å². The van der Waals surface area contributed by atoms with Gasteiger partial charge < -0.3 is 5.32 Å². The maximum atomic E-state index is 4.61. The van der Waals surface area contributed by atoms with Crippen LogP contribution < -0.4 is 15.9 Å². The lowest BCUT2D eigenvalue weighted by atomic mass is 10.0. The summed E-state index contributed by atoms with van der Waals surface area (Å²) in [5.74, 6) is 0.860. The number of anilines is 2. The predicted molar refractivity (Wildman–Crippen MR) is 110 cm³/mol. The first kappa shape index (κ1) is 15.2. The molecule has 1 unspecified atom stereocenters. The van der Waals surface area contributed by atoms with Gasteiger partial charge in [-0.15, -0.1) is 0 Å². The SMILES string of the molecule is c1ccc2c(c1)Pc1ccccc1-c1cccnc1Nc1cnccc1-2. The Morgan fingerprint density at radius 3 is 2.15 bits per heavy atom. The quantitative estimate of drug-likeness (QED) is 0.417. The van der Waals surface area contributed by atoms with Crippen molar-refractivity contribution in [1.29, 1.82) is 0 Å². The molecule has 26 heavy (non-hydrogen) atoms. The Balaban J connectivity index is 1.84. The Bertz CT molecular complexity index is 932. The minimum atomic E-state index is 0.573. The number of hydrogen-bond donors (Lipinski definition) is 1. The Kier molecular flexibility index (Phi) is 3.73. The molecule has 0 saturated heterocycles. The van der Waals surface area contributed by atoms with E-state index >= 15 is 0 Å². The van der Waals surface area contributed by atoms with Crippen LogP contribution in [0.25, 0.3) is 22.3 Å². The van der Waals surface area contributed by atoms with Gasteiger partial charge in [0.15, 0.2) is 0 Å². The molecular weight excluding hydrogens is 337 g/mol. The summed E-state index contributed by atoms with van der Waals surface area (Å²) in [5, 5.41) is 6.18. The van der Waals surface area contributed by atoms with Crippen molar-refractivity contribution in [2.75, 3.05) is 5.32 Å². The summed E-state index contributed by atoms with van der Waals surface area (Å²) < 4.78 is 0. The van der Waals surface area contributed by atoms with Gasteiger partial charge >= 0.3 is 0 Å². The molecule has 2 aromatic carbocycles. The molecule has 2 aromatic heterocycles. The molecule has 4 heteroatoms. The third-order valence-corrected chi connectivity index (χ3v) is 6.00. The zero-order valence-electron chi connectivity index (χ0n) is 14.0. The van der Waals surface area contributed by atoms with Gasteiger partial charge in [0, 0.05) is 23.5 Å². The zero-order valence-corrected chi connectivity index (χ0v) is 15.0. The Morgan fingerprint density at radius 1 is 0.654 bits per heavy atom. The molecule has 1 aliphatic heterocycles. The first-order valence-electron chi connectivity index (χ1n) is 8.52. The highest BCUT2D eigenvalue weighted by Gasteiger charge is 2.17. The first-order valence-corrected chi connectivity index (χ1v) is 9.52. The molecule has 1 N–H and O–H groups in total. The average molecular weight is 353 g/mol. The van der Waals surface area contributed by atoms with Crippen LogP contribution in [-0.4, -0.2) is 9.97 Å². The van der Waals surface area contributed by atoms with Crippen LogP contribution in [0.3, 0.4) is 0 Å². The highest BCUT2D eigenvalue weighted by Crippen LogP contribution is 2.36. The fraction of sp³-hybridized carbons (Fsp3) is 0. The second-order valence-electron chi connectivity index (χ2n) is 6.16. The molecule has 3 heterocycles. The molecule has 1 atom stereocenters. The maximum absolute atomic E-state index is 4.61. The number of fused-ring (bicyclic) bond motifs is 6. The van der Waals surface area contributed by atoms with Crippen LogP contribution in [-0.2, 0) is 0 Å². The van der Waals surface area contributed by atoms with Crippen molar-refractivity contribution in [2.24, 2.45) is 0 Å². The largest absolute Gasteiger partial charge is 0.338 e. The average Bonchev–Trinajstić information content (AvgIpc) is 2.70. The van der Waals surface area contributed by atoms with Crippen LogP contribution >= 0.6 is 8.58 Å². The number of hydrogen-bond acceptors (Lipinski definition) is 3. The van der Waals surface area contributed by atoms with E-state index < -0.39 is 0 Å². The van der Waals surface area contributed by atoms with Crippen LogP contribution in [0.4, 0.5) is 11.5 Å². The molecular formula is C22H16N3P. The van der Waals surface area contributed by atoms with Crippen LogP contribution in [0.1, 0.15) is 0 Å². The van der Waals surface area contributed by atoms with Crippen LogP contribution in [0.5, 0.6) is 0 Å². The number of nitrogens with zero attached hydrogens (tertiary/aromatic N) is 2. The molecule has 124 valence electrons. The molecule has 5 rings (SSSR count). The van der Waals surface area contributed by atoms with E-state index in [2.05, 4.69) is 75.9 Å². The number of nitrogens with one attached hydrogen (secondary N) is 1. The third kappa shape index (κ3) is 2.58. The number of pyridine rings is 2. The number of rotatable bonds is 0. The van der Waals surface area contributed by atoms with Crippen molar-refractivity contribution in [1.82, 2.24) is 9.97 Å². The van der Waals surface area contributed by atoms with E-state index in [1.165, 1.54) is 21.7 Å². The molecule has 0 spiro atoms. The molecule has 0 radical (unpaired) electrons. The lowest BCUT2D eigenvalue weighted by Crippen LogP contribution is -2.12. The van der Waals surface area contributed by atoms with Gasteiger partial charge in [0.05, 0.1) is 11.9 Å². The van der Waals surface area contributed by atoms with Gasteiger partial charge in [0.1, 0.15) is 5.82 Å². The highest BCUT2D eigenvalue weighted by atomic mass is 31.1. The normalized spacial score (nSPS) is 12.9. The van der Waals surface area contributed by atoms with Gasteiger partial charge in [-0.3, -0.25) is 4.98 Å². The van der Waals surface area contributed by atoms with E-state index in [9.17, 15) is 0 Å². The van der Waals surface area contributed by atoms with Crippen molar-refractivity contribution >= 4 is 30.7 Å². The predicted octanol–water partition coefficient (Wildman–Crippen LogP) is 4.50. The van der Waals surface area contributed by atoms with Gasteiger partial charge in [-0.2, -0.15) is 0 Å². The lowest BCUT2D eigenvalue weighted by molar-refractivity contribution is 1.28. The van der Waals surface area contributed by atoms with Crippen LogP contribution in [0.2, 0.25) is 0 Å². The van der Waals surface area contributed by atoms with Crippen molar-refractivity contribution in [3.05, 3.63) is 85.3 Å². The Hall–Kier alpha value is -3.03. The van der Waals surface area contributed by atoms with E-state index in [1.54, 1.807) is 0 Å². The van der Waals surface area contributed by atoms with Crippen LogP contribution in [0.15, 0.2) is 85.3 Å². The Labute approximate surface area is 154 Å². The minimum absolute atomic E-state index is 0.573. The van der Waals surface area contributed by atoms with Gasteiger partial charge in [-0.1, -0.05) is 57.1 Å². The monoisotopic (exact) mass is 353 g/mol. The van der Waals surface area contributed by atoms with E-state index in [0.717, 1.165) is 22.6 Å². The Morgan fingerprint density at radius 2 is 1.35 bits per heavy atom. The molecule has 0 saturated carbocycles. The van der Waals surface area contributed by atoms with Gasteiger partial charge in [0.25, 0.3) is 0 Å². The molecule has 0 aliphatic carbocycles. The summed E-state index contributed by atoms with van der Waals surface area (Å²) in [6.07, 6.45) is 5.55. The summed E-state index contributed by atoms with van der Waals surface area (Å²) in [6.45, 7) is 0. The second kappa shape index (κ2) is 6.36. The van der Waals surface area contributed by atoms with Gasteiger partial charge in [-0.25, -0.2) is 4.98 Å². The van der Waals surface area contributed by atoms with E-state index in [-0.39, 0.29) is 0 Å². The topological polar surface area (TPSA) is 37.8 Å². The summed E-state index contributed by atoms with van der Waals surface area (Å²) in [6, 6.07) is 23.4. The fourth-order valence-corrected chi connectivity index (χ4v) is 4.73. The smallest absolute Gasteiger partial charge is 0.138 e. The van der Waals surface area contributed by atoms with Crippen molar-refractivity contribution in [2.45, 2.75) is 0 Å². The van der Waals surface area contributed by atoms with Crippen molar-refractivity contribution in [3.63, 3.8) is 0 Å². The molecule has 0 amide bonds. The molecule has 3 nitrogen and oxygen atoms in total. The van der Waals surface area contributed by atoms with Crippen LogP contribution in [0, 0.1) is 0 Å². The summed E-state index contributed by atoms with van der Waals surface area (Å²) in [7, 11) is 0.573. The fourth-order valence-electron chi connectivity index (χ4n) is 3.38. The van der Waals surface area contributed by atoms with E-state index in [0.29, 0.717) is 8.58 Å². The summed E-state index contributed by atoms with van der Waals surface area (Å²) >= 11 is 0. The minimum Gasteiger partial charge on any atom is -0.338 e. The van der Waals surface area contributed by atoms with Gasteiger partial charge in [-0.05, 0) is 39.9 Å². The van der Waals surface area contributed by atoms with Crippen molar-refractivity contribution < 1.29 is 0 Å². The van der Waals surface area contributed by atoms with Gasteiger partial charge in [0.2, 0.25) is 0 Å². The number of aromatic nitrogens is 2. The molecule has 0 bridgehead atoms. The molecule has 4 aromatic rings. The standard InChI is InChI=1S/C22H16N3P/c1-3-9-20-16(6-1)15-11-13-23-14-19(15)25-22-18(8-5-12-24-22)17-7-2-4-10-21(17)26-20/h1-14,26H,(H,24,25). The first-order chi connectivity index (χ1) is 12.9. The zero-order chi connectivity index (χ0) is 17.3. The lowest BCUT2D eigenvalue weighted by Gasteiger charge is -2.20. The summed E-state index contributed by atoms with van der Waals surface area (Å²) in [5.41, 5.74) is 5.71. The molecule has 0 fully saturated rings.